The van der Waals surface area contributed by atoms with Gasteiger partial charge in [0.05, 0.1) is 0 Å². The third-order valence-electron chi connectivity index (χ3n) is 1.88. The van der Waals surface area contributed by atoms with E-state index in [0.29, 0.717) is 6.04 Å². The van der Waals surface area contributed by atoms with Crippen molar-refractivity contribution in [2.24, 2.45) is 0 Å². The third kappa shape index (κ3) is 4.31. The summed E-state index contributed by atoms with van der Waals surface area (Å²) in [6.45, 7) is 4.20. The van der Waals surface area contributed by atoms with E-state index >= 15 is 0 Å². The smallest absolute Gasteiger partial charge is 0.250 e. The molecule has 1 aromatic carbocycles. The molecule has 0 aliphatic carbocycles. The Labute approximate surface area is 96.0 Å². The van der Waals surface area contributed by atoms with Gasteiger partial charge in [-0.25, -0.2) is 0 Å². The molecule has 0 aliphatic heterocycles. The van der Waals surface area contributed by atoms with E-state index in [9.17, 15) is 4.79 Å². The van der Waals surface area contributed by atoms with Crippen molar-refractivity contribution in [2.45, 2.75) is 19.9 Å². The highest BCUT2D eigenvalue weighted by molar-refractivity contribution is 5.92. The second-order valence-electron chi connectivity index (χ2n) is 3.86. The summed E-state index contributed by atoms with van der Waals surface area (Å²) in [4.78, 5) is 11.3. The molecule has 0 saturated heterocycles. The average Bonchev–Trinajstić information content (AvgIpc) is 2.17. The number of amides is 1. The highest BCUT2D eigenvalue weighted by atomic mass is 16.5. The quantitative estimate of drug-likeness (QED) is 0.802. The lowest BCUT2D eigenvalue weighted by Gasteiger charge is -2.11. The van der Waals surface area contributed by atoms with Crippen molar-refractivity contribution in [1.29, 1.82) is 0 Å². The van der Waals surface area contributed by atoms with Crippen molar-refractivity contribution in [3.8, 4) is 0 Å². The summed E-state index contributed by atoms with van der Waals surface area (Å²) in [6.07, 6.45) is 0. The number of ether oxygens (including phenoxy) is 1. The number of carbonyl (C=O) groups is 1. The Morgan fingerprint density at radius 1 is 1.38 bits per heavy atom. The first-order valence-electron chi connectivity index (χ1n) is 5.27. The molecule has 0 aliphatic rings. The molecule has 0 atom stereocenters. The van der Waals surface area contributed by atoms with Gasteiger partial charge in [0.1, 0.15) is 6.61 Å². The fourth-order valence-corrected chi connectivity index (χ4v) is 1.35. The van der Waals surface area contributed by atoms with Gasteiger partial charge in [-0.2, -0.15) is 0 Å². The van der Waals surface area contributed by atoms with Gasteiger partial charge >= 0.3 is 0 Å². The van der Waals surface area contributed by atoms with Gasteiger partial charge in [-0.3, -0.25) is 4.79 Å². The maximum absolute atomic E-state index is 11.3. The Balaban J connectivity index is 2.63. The summed E-state index contributed by atoms with van der Waals surface area (Å²) >= 11 is 0. The molecule has 0 radical (unpaired) electrons. The first kappa shape index (κ1) is 12.5. The molecule has 0 aromatic heterocycles. The number of hydrogen-bond donors (Lipinski definition) is 2. The maximum Gasteiger partial charge on any atom is 0.250 e. The molecular formula is C12H18N2O2. The molecule has 0 unspecified atom stereocenters. The maximum atomic E-state index is 11.3. The highest BCUT2D eigenvalue weighted by Gasteiger charge is 2.02. The number of rotatable bonds is 5. The number of nitrogens with one attached hydrogen (secondary N) is 2. The topological polar surface area (TPSA) is 50.4 Å². The van der Waals surface area contributed by atoms with E-state index in [1.165, 1.54) is 7.11 Å². The number of carbonyl (C=O) groups excluding carboxylic acids is 1. The van der Waals surface area contributed by atoms with Gasteiger partial charge in [-0.15, -0.1) is 0 Å². The number of benzene rings is 1. The van der Waals surface area contributed by atoms with Gasteiger partial charge in [0.15, 0.2) is 0 Å². The van der Waals surface area contributed by atoms with Crippen molar-refractivity contribution in [2.75, 3.05) is 24.4 Å². The number of anilines is 2. The van der Waals surface area contributed by atoms with Crippen LogP contribution in [0.1, 0.15) is 13.8 Å². The van der Waals surface area contributed by atoms with Crippen LogP contribution in [0.25, 0.3) is 0 Å². The Morgan fingerprint density at radius 2 is 2.06 bits per heavy atom. The summed E-state index contributed by atoms with van der Waals surface area (Å²) in [5.41, 5.74) is 1.76. The van der Waals surface area contributed by atoms with E-state index in [-0.39, 0.29) is 12.5 Å². The first-order valence-corrected chi connectivity index (χ1v) is 5.27. The van der Waals surface area contributed by atoms with E-state index in [4.69, 9.17) is 4.74 Å². The Hall–Kier alpha value is -1.55. The third-order valence-corrected chi connectivity index (χ3v) is 1.88. The minimum absolute atomic E-state index is 0.0713. The molecule has 1 rings (SSSR count). The normalized spacial score (nSPS) is 10.2. The minimum Gasteiger partial charge on any atom is -0.383 e. The molecule has 4 nitrogen and oxygen atoms in total. The fourth-order valence-electron chi connectivity index (χ4n) is 1.35. The Bertz CT molecular complexity index is 351. The van der Waals surface area contributed by atoms with Crippen molar-refractivity contribution in [1.82, 2.24) is 0 Å². The second kappa shape index (κ2) is 6.12. The highest BCUT2D eigenvalue weighted by Crippen LogP contribution is 2.15. The monoisotopic (exact) mass is 222 g/mol. The van der Waals surface area contributed by atoms with Crippen LogP contribution in [0.3, 0.4) is 0 Å². The van der Waals surface area contributed by atoms with E-state index in [1.54, 1.807) is 0 Å². The molecule has 16 heavy (non-hydrogen) atoms. The predicted octanol–water partition coefficient (Wildman–Crippen LogP) is 2.09. The van der Waals surface area contributed by atoms with Crippen LogP contribution in [0.4, 0.5) is 11.4 Å². The van der Waals surface area contributed by atoms with Crippen LogP contribution >= 0.6 is 0 Å². The summed E-state index contributed by atoms with van der Waals surface area (Å²) in [5.74, 6) is -0.149. The Kier molecular flexibility index (Phi) is 4.79. The first-order chi connectivity index (χ1) is 7.61. The zero-order valence-electron chi connectivity index (χ0n) is 9.91. The van der Waals surface area contributed by atoms with Gasteiger partial charge in [0, 0.05) is 24.5 Å². The molecule has 0 spiro atoms. The molecule has 4 heteroatoms. The lowest BCUT2D eigenvalue weighted by molar-refractivity contribution is -0.119. The largest absolute Gasteiger partial charge is 0.383 e. The Morgan fingerprint density at radius 3 is 2.69 bits per heavy atom. The van der Waals surface area contributed by atoms with Crippen molar-refractivity contribution in [3.05, 3.63) is 24.3 Å². The molecule has 1 amide bonds. The molecule has 2 N–H and O–H groups in total. The summed E-state index contributed by atoms with van der Waals surface area (Å²) < 4.78 is 4.74. The lowest BCUT2D eigenvalue weighted by Crippen LogP contribution is -2.17. The van der Waals surface area contributed by atoms with Crippen LogP contribution in [-0.4, -0.2) is 25.7 Å². The van der Waals surface area contributed by atoms with Crippen LogP contribution in [0.5, 0.6) is 0 Å². The standard InChI is InChI=1S/C12H18N2O2/c1-9(2)13-10-5-4-6-11(7-10)14-12(15)8-16-3/h4-7,9,13H,8H2,1-3H3,(H,14,15). The number of hydrogen-bond acceptors (Lipinski definition) is 3. The second-order valence-corrected chi connectivity index (χ2v) is 3.86. The summed E-state index contributed by atoms with van der Waals surface area (Å²) in [6, 6.07) is 7.97. The van der Waals surface area contributed by atoms with Crippen LogP contribution in [0.15, 0.2) is 24.3 Å². The van der Waals surface area contributed by atoms with Crippen LogP contribution in [-0.2, 0) is 9.53 Å². The summed E-state index contributed by atoms with van der Waals surface area (Å²) in [7, 11) is 1.50. The average molecular weight is 222 g/mol. The molecule has 0 saturated carbocycles. The molecule has 0 fully saturated rings. The van der Waals surface area contributed by atoms with E-state index in [0.717, 1.165) is 11.4 Å². The SMILES string of the molecule is COCC(=O)Nc1cccc(NC(C)C)c1. The predicted molar refractivity (Wildman–Crippen MR) is 65.7 cm³/mol. The van der Waals surface area contributed by atoms with Crippen LogP contribution in [0.2, 0.25) is 0 Å². The minimum atomic E-state index is -0.149. The molecule has 0 bridgehead atoms. The van der Waals surface area contributed by atoms with E-state index < -0.39 is 0 Å². The van der Waals surface area contributed by atoms with Crippen molar-refractivity contribution in [3.63, 3.8) is 0 Å². The summed E-state index contributed by atoms with van der Waals surface area (Å²) in [5, 5.41) is 6.02. The molecule has 0 heterocycles. The van der Waals surface area contributed by atoms with E-state index in [2.05, 4.69) is 24.5 Å². The van der Waals surface area contributed by atoms with Crippen molar-refractivity contribution >= 4 is 17.3 Å². The molecular weight excluding hydrogens is 204 g/mol. The van der Waals surface area contributed by atoms with Gasteiger partial charge < -0.3 is 15.4 Å². The van der Waals surface area contributed by atoms with Crippen molar-refractivity contribution < 1.29 is 9.53 Å². The van der Waals surface area contributed by atoms with Gasteiger partial charge in [0.25, 0.3) is 0 Å². The van der Waals surface area contributed by atoms with Gasteiger partial charge in [-0.05, 0) is 32.0 Å². The van der Waals surface area contributed by atoms with E-state index in [1.807, 2.05) is 24.3 Å². The molecule has 1 aromatic rings. The number of methoxy groups -OCH3 is 1. The van der Waals surface area contributed by atoms with Gasteiger partial charge in [0.2, 0.25) is 5.91 Å². The lowest BCUT2D eigenvalue weighted by atomic mass is 10.2. The van der Waals surface area contributed by atoms with Crippen LogP contribution < -0.4 is 10.6 Å². The van der Waals surface area contributed by atoms with Crippen LogP contribution in [0, 0.1) is 0 Å². The molecule has 88 valence electrons. The fraction of sp³-hybridized carbons (Fsp3) is 0.417. The van der Waals surface area contributed by atoms with Gasteiger partial charge in [-0.1, -0.05) is 6.07 Å². The zero-order valence-corrected chi connectivity index (χ0v) is 9.91. The zero-order chi connectivity index (χ0) is 12.0.